The van der Waals surface area contributed by atoms with E-state index in [9.17, 15) is 0 Å². The second kappa shape index (κ2) is 5.88. The van der Waals surface area contributed by atoms with Crippen LogP contribution in [0.1, 0.15) is 45.3 Å². The predicted octanol–water partition coefficient (Wildman–Crippen LogP) is 3.10. The van der Waals surface area contributed by atoms with Crippen molar-refractivity contribution in [3.63, 3.8) is 0 Å². The fraction of sp³-hybridized carbons (Fsp3) is 0.643. The molecule has 1 aromatic heterocycles. The van der Waals surface area contributed by atoms with Gasteiger partial charge in [-0.3, -0.25) is 0 Å². The van der Waals surface area contributed by atoms with E-state index in [4.69, 9.17) is 5.26 Å². The quantitative estimate of drug-likeness (QED) is 0.820. The molecule has 0 aliphatic rings. The Balaban J connectivity index is 2.53. The summed E-state index contributed by atoms with van der Waals surface area (Å²) in [6.07, 6.45) is 4.09. The van der Waals surface area contributed by atoms with Crippen LogP contribution in [-0.2, 0) is 6.54 Å². The van der Waals surface area contributed by atoms with Crippen LogP contribution >= 0.6 is 0 Å². The first-order valence-corrected chi connectivity index (χ1v) is 6.24. The molecule has 0 aliphatic carbocycles. The van der Waals surface area contributed by atoms with E-state index in [1.165, 1.54) is 5.69 Å². The van der Waals surface area contributed by atoms with E-state index >= 15 is 0 Å². The number of aromatic nitrogens is 1. The lowest BCUT2D eigenvalue weighted by Gasteiger charge is -2.18. The number of nitrogens with one attached hydrogen (secondary N) is 1. The highest BCUT2D eigenvalue weighted by Gasteiger charge is 2.16. The molecule has 3 heteroatoms. The molecule has 1 heterocycles. The Labute approximate surface area is 104 Å². The third-order valence-corrected chi connectivity index (χ3v) is 3.24. The van der Waals surface area contributed by atoms with Gasteiger partial charge in [-0.15, -0.1) is 0 Å². The Bertz CT molecular complexity index is 384. The van der Waals surface area contributed by atoms with Gasteiger partial charge in [0.05, 0.1) is 11.5 Å². The van der Waals surface area contributed by atoms with Crippen LogP contribution in [0.4, 0.5) is 0 Å². The summed E-state index contributed by atoms with van der Waals surface area (Å²) < 4.78 is 2.27. The minimum Gasteiger partial charge on any atom is -0.350 e. The molecule has 0 saturated carbocycles. The van der Waals surface area contributed by atoms with E-state index in [0.29, 0.717) is 6.04 Å². The maximum absolute atomic E-state index is 8.97. The number of hydrogen-bond donors (Lipinski definition) is 1. The van der Waals surface area contributed by atoms with Gasteiger partial charge >= 0.3 is 0 Å². The first-order valence-electron chi connectivity index (χ1n) is 6.24. The first kappa shape index (κ1) is 13.8. The van der Waals surface area contributed by atoms with E-state index < -0.39 is 0 Å². The van der Waals surface area contributed by atoms with Gasteiger partial charge in [-0.05, 0) is 52.8 Å². The van der Waals surface area contributed by atoms with Gasteiger partial charge in [0.1, 0.15) is 0 Å². The first-order chi connectivity index (χ1) is 8.00. The lowest BCUT2D eigenvalue weighted by Crippen LogP contribution is -2.17. The van der Waals surface area contributed by atoms with Gasteiger partial charge in [0.15, 0.2) is 0 Å². The van der Waals surface area contributed by atoms with E-state index in [-0.39, 0.29) is 5.41 Å². The van der Waals surface area contributed by atoms with Crippen molar-refractivity contribution in [2.45, 2.75) is 46.2 Å². The maximum atomic E-state index is 8.97. The van der Waals surface area contributed by atoms with Crippen molar-refractivity contribution >= 4 is 0 Å². The molecule has 0 spiro atoms. The minimum atomic E-state index is -0.206. The van der Waals surface area contributed by atoms with Gasteiger partial charge in [0.25, 0.3) is 0 Å². The SMILES string of the molecule is CNC(C)c1cccn1CCCC(C)(C)C#N. The fourth-order valence-electron chi connectivity index (χ4n) is 1.92. The molecule has 17 heavy (non-hydrogen) atoms. The Hall–Kier alpha value is -1.27. The molecule has 3 nitrogen and oxygen atoms in total. The summed E-state index contributed by atoms with van der Waals surface area (Å²) in [6.45, 7) is 7.14. The lowest BCUT2D eigenvalue weighted by molar-refractivity contribution is 0.410. The standard InChI is InChI=1S/C14H23N3/c1-12(16-4)13-7-5-9-17(13)10-6-8-14(2,3)11-15/h5,7,9,12,16H,6,8,10H2,1-4H3. The molecule has 94 valence electrons. The Morgan fingerprint density at radius 1 is 1.53 bits per heavy atom. The van der Waals surface area contributed by atoms with Gasteiger partial charge in [0.2, 0.25) is 0 Å². The van der Waals surface area contributed by atoms with E-state index in [0.717, 1.165) is 19.4 Å². The number of aryl methyl sites for hydroxylation is 1. The van der Waals surface area contributed by atoms with Crippen molar-refractivity contribution in [3.8, 4) is 6.07 Å². The van der Waals surface area contributed by atoms with Crippen molar-refractivity contribution in [1.82, 2.24) is 9.88 Å². The summed E-state index contributed by atoms with van der Waals surface area (Å²) >= 11 is 0. The summed E-state index contributed by atoms with van der Waals surface area (Å²) in [5.74, 6) is 0. The second-order valence-electron chi connectivity index (χ2n) is 5.24. The summed E-state index contributed by atoms with van der Waals surface area (Å²) in [5.41, 5.74) is 1.10. The second-order valence-corrected chi connectivity index (χ2v) is 5.24. The molecule has 1 N–H and O–H groups in total. The fourth-order valence-corrected chi connectivity index (χ4v) is 1.92. The summed E-state index contributed by atoms with van der Waals surface area (Å²) in [6, 6.07) is 6.95. The van der Waals surface area contributed by atoms with Crippen molar-refractivity contribution in [2.75, 3.05) is 7.05 Å². The third-order valence-electron chi connectivity index (χ3n) is 3.24. The molecule has 1 atom stereocenters. The molecule has 1 aromatic rings. The highest BCUT2D eigenvalue weighted by atomic mass is 15.0. The number of hydrogen-bond acceptors (Lipinski definition) is 2. The van der Waals surface area contributed by atoms with Crippen LogP contribution in [0.5, 0.6) is 0 Å². The van der Waals surface area contributed by atoms with Gasteiger partial charge in [-0.1, -0.05) is 0 Å². The van der Waals surface area contributed by atoms with E-state index in [2.05, 4.69) is 41.2 Å². The molecule has 0 amide bonds. The molecular weight excluding hydrogens is 210 g/mol. The lowest BCUT2D eigenvalue weighted by atomic mass is 9.90. The zero-order valence-corrected chi connectivity index (χ0v) is 11.3. The molecule has 0 bridgehead atoms. The smallest absolute Gasteiger partial charge is 0.0683 e. The highest BCUT2D eigenvalue weighted by Crippen LogP contribution is 2.22. The van der Waals surface area contributed by atoms with Crippen molar-refractivity contribution in [1.29, 1.82) is 5.26 Å². The van der Waals surface area contributed by atoms with Crippen molar-refractivity contribution in [3.05, 3.63) is 24.0 Å². The van der Waals surface area contributed by atoms with E-state index in [1.807, 2.05) is 20.9 Å². The Morgan fingerprint density at radius 3 is 2.82 bits per heavy atom. The normalized spacial score (nSPS) is 13.4. The van der Waals surface area contributed by atoms with Crippen LogP contribution in [0.3, 0.4) is 0 Å². The zero-order valence-electron chi connectivity index (χ0n) is 11.3. The molecular formula is C14H23N3. The van der Waals surface area contributed by atoms with Crippen LogP contribution in [0.2, 0.25) is 0 Å². The minimum absolute atomic E-state index is 0.206. The molecule has 0 saturated heterocycles. The molecule has 0 fully saturated rings. The Kier molecular flexibility index (Phi) is 4.77. The highest BCUT2D eigenvalue weighted by molar-refractivity contribution is 5.11. The summed E-state index contributed by atoms with van der Waals surface area (Å²) in [7, 11) is 1.97. The molecule has 0 aromatic carbocycles. The van der Waals surface area contributed by atoms with Crippen molar-refractivity contribution < 1.29 is 0 Å². The molecule has 0 radical (unpaired) electrons. The molecule has 1 unspecified atom stereocenters. The number of nitriles is 1. The average molecular weight is 233 g/mol. The van der Waals surface area contributed by atoms with Crippen molar-refractivity contribution in [2.24, 2.45) is 5.41 Å². The van der Waals surface area contributed by atoms with Crippen LogP contribution in [0.25, 0.3) is 0 Å². The number of rotatable bonds is 6. The van der Waals surface area contributed by atoms with Crippen LogP contribution in [0.15, 0.2) is 18.3 Å². The Morgan fingerprint density at radius 2 is 2.24 bits per heavy atom. The third kappa shape index (κ3) is 3.90. The van der Waals surface area contributed by atoms with Gasteiger partial charge in [-0.25, -0.2) is 0 Å². The topological polar surface area (TPSA) is 40.8 Å². The van der Waals surface area contributed by atoms with Crippen LogP contribution in [-0.4, -0.2) is 11.6 Å². The average Bonchev–Trinajstić information content (AvgIpc) is 2.76. The van der Waals surface area contributed by atoms with E-state index in [1.54, 1.807) is 0 Å². The maximum Gasteiger partial charge on any atom is 0.0683 e. The zero-order chi connectivity index (χ0) is 12.9. The van der Waals surface area contributed by atoms with Crippen LogP contribution in [0, 0.1) is 16.7 Å². The summed E-state index contributed by atoms with van der Waals surface area (Å²) in [5, 5.41) is 12.2. The van der Waals surface area contributed by atoms with Crippen LogP contribution < -0.4 is 5.32 Å². The monoisotopic (exact) mass is 233 g/mol. The van der Waals surface area contributed by atoms with Gasteiger partial charge < -0.3 is 9.88 Å². The number of nitrogens with zero attached hydrogens (tertiary/aromatic N) is 2. The van der Waals surface area contributed by atoms with Gasteiger partial charge in [0, 0.05) is 24.5 Å². The van der Waals surface area contributed by atoms with Gasteiger partial charge in [-0.2, -0.15) is 5.26 Å². The molecule has 0 aliphatic heterocycles. The predicted molar refractivity (Wildman–Crippen MR) is 70.5 cm³/mol. The molecule has 1 rings (SSSR count). The largest absolute Gasteiger partial charge is 0.350 e. The summed E-state index contributed by atoms with van der Waals surface area (Å²) in [4.78, 5) is 0.